The Hall–Kier alpha value is -0.580. The highest BCUT2D eigenvalue weighted by atomic mass is 79.9. The van der Waals surface area contributed by atoms with E-state index in [9.17, 15) is 0 Å². The van der Waals surface area contributed by atoms with Crippen molar-refractivity contribution in [1.82, 2.24) is 5.32 Å². The van der Waals surface area contributed by atoms with Gasteiger partial charge in [-0.15, -0.1) is 0 Å². The van der Waals surface area contributed by atoms with Gasteiger partial charge in [-0.05, 0) is 38.4 Å². The number of ether oxygens (including phenoxy) is 1. The molecule has 0 aromatic heterocycles. The molecule has 0 aliphatic heterocycles. The second-order valence-corrected chi connectivity index (χ2v) is 5.16. The van der Waals surface area contributed by atoms with E-state index < -0.39 is 0 Å². The average Bonchev–Trinajstić information content (AvgIpc) is 2.35. The van der Waals surface area contributed by atoms with Crippen LogP contribution in [0.1, 0.15) is 38.3 Å². The lowest BCUT2D eigenvalue weighted by Gasteiger charge is -2.18. The van der Waals surface area contributed by atoms with Gasteiger partial charge in [0.25, 0.3) is 0 Å². The van der Waals surface area contributed by atoms with Crippen LogP contribution in [0.15, 0.2) is 22.7 Å². The summed E-state index contributed by atoms with van der Waals surface area (Å²) < 4.78 is 6.83. The van der Waals surface area contributed by atoms with Gasteiger partial charge in [-0.2, -0.15) is 0 Å². The van der Waals surface area contributed by atoms with Gasteiger partial charge < -0.3 is 15.2 Å². The fraction of sp³-hybridized carbons (Fsp3) is 0.571. The highest BCUT2D eigenvalue weighted by Crippen LogP contribution is 2.28. The van der Waals surface area contributed by atoms with Crippen molar-refractivity contribution in [3.05, 3.63) is 28.2 Å². The summed E-state index contributed by atoms with van der Waals surface area (Å²) in [7, 11) is 0. The smallest absolute Gasteiger partial charge is 0.125 e. The summed E-state index contributed by atoms with van der Waals surface area (Å²) in [6.45, 7) is 6.02. The topological polar surface area (TPSA) is 41.5 Å². The number of unbranched alkanes of at least 4 members (excludes halogenated alkanes) is 1. The van der Waals surface area contributed by atoms with Crippen LogP contribution in [0.4, 0.5) is 0 Å². The zero-order valence-electron chi connectivity index (χ0n) is 11.1. The molecule has 0 heterocycles. The van der Waals surface area contributed by atoms with Crippen molar-refractivity contribution in [1.29, 1.82) is 0 Å². The van der Waals surface area contributed by atoms with E-state index in [1.807, 2.05) is 12.1 Å². The molecule has 1 unspecified atom stereocenters. The molecule has 0 spiro atoms. The Balaban J connectivity index is 2.70. The van der Waals surface area contributed by atoms with Gasteiger partial charge in [-0.25, -0.2) is 0 Å². The molecule has 1 atom stereocenters. The van der Waals surface area contributed by atoms with Crippen molar-refractivity contribution in [2.24, 2.45) is 0 Å². The Morgan fingerprint density at radius 2 is 2.17 bits per heavy atom. The average molecular weight is 316 g/mol. The summed E-state index contributed by atoms with van der Waals surface area (Å²) in [4.78, 5) is 0. The van der Waals surface area contributed by atoms with Crippen LogP contribution < -0.4 is 10.1 Å². The van der Waals surface area contributed by atoms with Crippen LogP contribution in [0.3, 0.4) is 0 Å². The lowest BCUT2D eigenvalue weighted by molar-refractivity contribution is 0.251. The van der Waals surface area contributed by atoms with Crippen LogP contribution >= 0.6 is 15.9 Å². The summed E-state index contributed by atoms with van der Waals surface area (Å²) in [5.74, 6) is 0.913. The zero-order chi connectivity index (χ0) is 13.4. The Labute approximate surface area is 118 Å². The number of benzene rings is 1. The van der Waals surface area contributed by atoms with E-state index in [0.29, 0.717) is 6.61 Å². The predicted molar refractivity (Wildman–Crippen MR) is 78.0 cm³/mol. The number of hydrogen-bond donors (Lipinski definition) is 2. The van der Waals surface area contributed by atoms with Gasteiger partial charge in [0, 0.05) is 22.7 Å². The van der Waals surface area contributed by atoms with Crippen LogP contribution in [-0.2, 0) is 0 Å². The SMILES string of the molecule is CCNC(C)c1ccc(Br)cc1OCCCCO. The molecule has 0 saturated carbocycles. The molecular formula is C14H22BrNO2. The lowest BCUT2D eigenvalue weighted by Crippen LogP contribution is -2.18. The van der Waals surface area contributed by atoms with Crippen LogP contribution in [0.25, 0.3) is 0 Å². The fourth-order valence-corrected chi connectivity index (χ4v) is 2.14. The number of rotatable bonds is 8. The molecule has 1 rings (SSSR count). The molecule has 0 fully saturated rings. The van der Waals surface area contributed by atoms with Crippen molar-refractivity contribution in [3.8, 4) is 5.75 Å². The molecule has 18 heavy (non-hydrogen) atoms. The summed E-state index contributed by atoms with van der Waals surface area (Å²) in [5.41, 5.74) is 1.17. The molecule has 0 amide bonds. The quantitative estimate of drug-likeness (QED) is 0.723. The number of hydrogen-bond acceptors (Lipinski definition) is 3. The minimum absolute atomic E-state index is 0.225. The molecule has 3 nitrogen and oxygen atoms in total. The summed E-state index contributed by atoms with van der Waals surface area (Å²) in [5, 5.41) is 12.1. The molecule has 2 N–H and O–H groups in total. The van der Waals surface area contributed by atoms with Crippen LogP contribution in [0.2, 0.25) is 0 Å². The first kappa shape index (κ1) is 15.5. The van der Waals surface area contributed by atoms with Gasteiger partial charge in [-0.3, -0.25) is 0 Å². The third kappa shape index (κ3) is 4.96. The fourth-order valence-electron chi connectivity index (χ4n) is 1.80. The summed E-state index contributed by atoms with van der Waals surface area (Å²) in [6, 6.07) is 6.39. The van der Waals surface area contributed by atoms with Gasteiger partial charge in [0.1, 0.15) is 5.75 Å². The first-order chi connectivity index (χ1) is 8.69. The monoisotopic (exact) mass is 315 g/mol. The molecule has 0 bridgehead atoms. The van der Waals surface area contributed by atoms with Gasteiger partial charge in [0.15, 0.2) is 0 Å². The van der Waals surface area contributed by atoms with Crippen LogP contribution in [0.5, 0.6) is 5.75 Å². The van der Waals surface area contributed by atoms with Gasteiger partial charge >= 0.3 is 0 Å². The molecular weight excluding hydrogens is 294 g/mol. The standard InChI is InChI=1S/C14H22BrNO2/c1-3-16-11(2)13-7-6-12(15)10-14(13)18-9-5-4-8-17/h6-7,10-11,16-17H,3-5,8-9H2,1-2H3. The van der Waals surface area contributed by atoms with E-state index in [0.717, 1.165) is 29.6 Å². The summed E-state index contributed by atoms with van der Waals surface area (Å²) in [6.07, 6.45) is 1.66. The maximum absolute atomic E-state index is 8.75. The normalized spacial score (nSPS) is 12.4. The predicted octanol–water partition coefficient (Wildman–Crippen LogP) is 3.27. The van der Waals surface area contributed by atoms with Crippen LogP contribution in [-0.4, -0.2) is 24.9 Å². The third-order valence-electron chi connectivity index (χ3n) is 2.76. The van der Waals surface area contributed by atoms with Gasteiger partial charge in [0.2, 0.25) is 0 Å². The molecule has 0 aliphatic rings. The molecule has 4 heteroatoms. The highest BCUT2D eigenvalue weighted by molar-refractivity contribution is 9.10. The molecule has 0 saturated heterocycles. The first-order valence-corrected chi connectivity index (χ1v) is 7.24. The maximum Gasteiger partial charge on any atom is 0.125 e. The first-order valence-electron chi connectivity index (χ1n) is 6.45. The van der Waals surface area contributed by atoms with Crippen molar-refractivity contribution in [2.75, 3.05) is 19.8 Å². The molecule has 0 aliphatic carbocycles. The van der Waals surface area contributed by atoms with Crippen molar-refractivity contribution >= 4 is 15.9 Å². The van der Waals surface area contributed by atoms with Crippen molar-refractivity contribution < 1.29 is 9.84 Å². The Morgan fingerprint density at radius 3 is 2.83 bits per heavy atom. The Morgan fingerprint density at radius 1 is 1.39 bits per heavy atom. The Bertz CT molecular complexity index is 358. The molecule has 102 valence electrons. The van der Waals surface area contributed by atoms with E-state index in [1.165, 1.54) is 5.56 Å². The highest BCUT2D eigenvalue weighted by Gasteiger charge is 2.11. The van der Waals surface area contributed by atoms with Crippen LogP contribution in [0, 0.1) is 0 Å². The zero-order valence-corrected chi connectivity index (χ0v) is 12.7. The van der Waals surface area contributed by atoms with Gasteiger partial charge in [-0.1, -0.05) is 28.9 Å². The second kappa shape index (κ2) is 8.51. The van der Waals surface area contributed by atoms with Gasteiger partial charge in [0.05, 0.1) is 6.61 Å². The summed E-state index contributed by atoms with van der Waals surface area (Å²) >= 11 is 3.47. The third-order valence-corrected chi connectivity index (χ3v) is 3.26. The van der Waals surface area contributed by atoms with E-state index in [2.05, 4.69) is 41.2 Å². The minimum Gasteiger partial charge on any atom is -0.493 e. The maximum atomic E-state index is 8.75. The Kier molecular flexibility index (Phi) is 7.32. The van der Waals surface area contributed by atoms with E-state index in [4.69, 9.17) is 9.84 Å². The molecule has 1 aromatic carbocycles. The number of aliphatic hydroxyl groups excluding tert-OH is 1. The van der Waals surface area contributed by atoms with E-state index in [-0.39, 0.29) is 12.6 Å². The minimum atomic E-state index is 0.225. The second-order valence-electron chi connectivity index (χ2n) is 4.24. The van der Waals surface area contributed by atoms with Crippen molar-refractivity contribution in [3.63, 3.8) is 0 Å². The largest absolute Gasteiger partial charge is 0.493 e. The lowest BCUT2D eigenvalue weighted by atomic mass is 10.1. The van der Waals surface area contributed by atoms with E-state index >= 15 is 0 Å². The van der Waals surface area contributed by atoms with E-state index in [1.54, 1.807) is 0 Å². The molecule has 1 aromatic rings. The number of nitrogens with one attached hydrogen (secondary N) is 1. The molecule has 0 radical (unpaired) electrons. The number of aliphatic hydroxyl groups is 1. The number of halogens is 1. The van der Waals surface area contributed by atoms with Crippen molar-refractivity contribution in [2.45, 2.75) is 32.7 Å².